The van der Waals surface area contributed by atoms with Crippen LogP contribution in [0.15, 0.2) is 54.9 Å². The summed E-state index contributed by atoms with van der Waals surface area (Å²) in [6.45, 7) is 1.99. The number of fused-ring (bicyclic) bond motifs is 1. The second-order valence-corrected chi connectivity index (χ2v) is 6.80. The fourth-order valence-corrected chi connectivity index (χ4v) is 3.44. The number of pyridine rings is 1. The summed E-state index contributed by atoms with van der Waals surface area (Å²) >= 11 is 0. The van der Waals surface area contributed by atoms with Gasteiger partial charge in [-0.2, -0.15) is 0 Å². The van der Waals surface area contributed by atoms with Crippen molar-refractivity contribution in [3.8, 4) is 11.5 Å². The molecule has 1 aliphatic rings. The van der Waals surface area contributed by atoms with Crippen LogP contribution in [-0.4, -0.2) is 36.6 Å². The van der Waals surface area contributed by atoms with Crippen molar-refractivity contribution in [3.05, 3.63) is 88.2 Å². The molecular formula is C24H24FN2O4W-. The first-order valence-corrected chi connectivity index (χ1v) is 9.78. The molecule has 1 aromatic heterocycles. The van der Waals surface area contributed by atoms with Crippen molar-refractivity contribution < 1.29 is 44.8 Å². The van der Waals surface area contributed by atoms with Gasteiger partial charge in [0.1, 0.15) is 11.9 Å². The molecule has 0 saturated carbocycles. The maximum Gasteiger partial charge on any atom is 0.170 e. The Morgan fingerprint density at radius 3 is 2.38 bits per heavy atom. The van der Waals surface area contributed by atoms with Gasteiger partial charge in [0.15, 0.2) is 17.3 Å². The summed E-state index contributed by atoms with van der Waals surface area (Å²) in [4.78, 5) is 16.2. The molecule has 0 fully saturated rings. The quantitative estimate of drug-likeness (QED) is 0.447. The molecule has 1 N–H and O–H groups in total. The summed E-state index contributed by atoms with van der Waals surface area (Å²) in [5.41, 5.74) is 3.26. The topological polar surface area (TPSA) is 82.8 Å². The van der Waals surface area contributed by atoms with E-state index in [1.165, 1.54) is 6.07 Å². The normalized spacial score (nSPS) is 12.8. The number of ether oxygens (including phenoxy) is 2. The van der Waals surface area contributed by atoms with Crippen LogP contribution in [0.3, 0.4) is 0 Å². The molecule has 6 nitrogen and oxygen atoms in total. The van der Waals surface area contributed by atoms with Crippen LogP contribution in [0, 0.1) is 12.7 Å². The molecule has 0 spiro atoms. The van der Waals surface area contributed by atoms with E-state index in [2.05, 4.69) is 10.3 Å². The summed E-state index contributed by atoms with van der Waals surface area (Å²) in [7, 11) is 2.72. The molecule has 0 aliphatic carbocycles. The largest absolute Gasteiger partial charge is 0.687 e. The molecule has 0 amide bonds. The fourth-order valence-electron chi connectivity index (χ4n) is 3.44. The monoisotopic (exact) mass is 607 g/mol. The van der Waals surface area contributed by atoms with Crippen LogP contribution in [0.5, 0.6) is 11.5 Å². The van der Waals surface area contributed by atoms with Gasteiger partial charge in [0.05, 0.1) is 12.2 Å². The maximum atomic E-state index is 15.0. The minimum Gasteiger partial charge on any atom is -0.687 e. The number of aliphatic hydroxyl groups is 1. The standard InChI is InChI=1S/C23H20FN2O3.CH4O.W/c1-14-21-18(20(27)9-12-28-21)13-19(24)22(14)29-23(16-7-10-26-11-8-16)15-3-5-17(25-2)6-4-15;1-2;/h3-8,10-11,13,23H,9,12H2,1-2H3;2H,1H3;/q-1;;. The van der Waals surface area contributed by atoms with Gasteiger partial charge in [-0.25, -0.2) is 4.39 Å². The van der Waals surface area contributed by atoms with Gasteiger partial charge in [-0.05, 0) is 36.2 Å². The molecule has 4 rings (SSSR count). The van der Waals surface area contributed by atoms with E-state index in [4.69, 9.17) is 14.6 Å². The van der Waals surface area contributed by atoms with Gasteiger partial charge in [-0.15, -0.1) is 12.7 Å². The van der Waals surface area contributed by atoms with Gasteiger partial charge in [-0.1, -0.05) is 24.3 Å². The van der Waals surface area contributed by atoms with E-state index in [1.807, 2.05) is 36.4 Å². The number of ketones is 1. The molecule has 2 heterocycles. The molecule has 0 bridgehead atoms. The second kappa shape index (κ2) is 11.7. The molecule has 2 aromatic carbocycles. The third-order valence-electron chi connectivity index (χ3n) is 4.99. The number of benzene rings is 2. The zero-order valence-corrected chi connectivity index (χ0v) is 21.0. The number of carbonyl (C=O) groups is 1. The Bertz CT molecular complexity index is 1050. The van der Waals surface area contributed by atoms with Crippen LogP contribution in [0.1, 0.15) is 39.6 Å². The molecule has 1 aliphatic heterocycles. The SMILES string of the molecule is CO.C[N-]c1ccc(C(Oc2c(F)cc3c(c2C)OCCC3=O)c2ccncc2)cc1.[W]. The third kappa shape index (κ3) is 5.34. The summed E-state index contributed by atoms with van der Waals surface area (Å²) in [6.07, 6.45) is 3.02. The number of nitrogens with zero attached hydrogens (tertiary/aromatic N) is 2. The summed E-state index contributed by atoms with van der Waals surface area (Å²) < 4.78 is 26.8. The zero-order chi connectivity index (χ0) is 22.4. The number of hydrogen-bond acceptors (Lipinski definition) is 5. The summed E-state index contributed by atoms with van der Waals surface area (Å²) in [5.74, 6) is -0.237. The molecular weight excluding hydrogens is 583 g/mol. The number of aromatic nitrogens is 1. The fraction of sp³-hybridized carbons (Fsp3) is 0.250. The van der Waals surface area contributed by atoms with E-state index in [0.717, 1.165) is 23.9 Å². The Hall–Kier alpha value is -2.76. The van der Waals surface area contributed by atoms with E-state index in [9.17, 15) is 9.18 Å². The Morgan fingerprint density at radius 1 is 1.12 bits per heavy atom. The van der Waals surface area contributed by atoms with Gasteiger partial charge in [0.2, 0.25) is 0 Å². The minimum absolute atomic E-state index is 0. The number of carbonyl (C=O) groups excluding carboxylic acids is 1. The average molecular weight is 607 g/mol. The van der Waals surface area contributed by atoms with E-state index in [1.54, 1.807) is 26.4 Å². The predicted octanol–water partition coefficient (Wildman–Crippen LogP) is 4.90. The first-order valence-electron chi connectivity index (χ1n) is 9.78. The van der Waals surface area contributed by atoms with Gasteiger partial charge in [0.25, 0.3) is 0 Å². The van der Waals surface area contributed by atoms with Crippen molar-refractivity contribution in [2.75, 3.05) is 20.8 Å². The number of halogens is 1. The van der Waals surface area contributed by atoms with E-state index >= 15 is 0 Å². The number of rotatable bonds is 5. The number of Topliss-reactive ketones (excluding diaryl/α,β-unsaturated/α-hetero) is 1. The number of aliphatic hydroxyl groups excluding tert-OH is 1. The Kier molecular flexibility index (Phi) is 9.36. The zero-order valence-electron chi connectivity index (χ0n) is 18.0. The first kappa shape index (κ1) is 25.5. The van der Waals surface area contributed by atoms with Crippen LogP contribution in [0.25, 0.3) is 5.32 Å². The first-order chi connectivity index (χ1) is 15.1. The van der Waals surface area contributed by atoms with Gasteiger partial charge >= 0.3 is 0 Å². The molecule has 8 heteroatoms. The Balaban J connectivity index is 0.00000118. The average Bonchev–Trinajstić information content (AvgIpc) is 2.82. The van der Waals surface area contributed by atoms with Gasteiger partial charge in [-0.3, -0.25) is 9.78 Å². The van der Waals surface area contributed by atoms with Crippen molar-refractivity contribution in [3.63, 3.8) is 0 Å². The number of hydrogen-bond donors (Lipinski definition) is 1. The van der Waals surface area contributed by atoms with Crippen molar-refractivity contribution >= 4 is 11.5 Å². The Morgan fingerprint density at radius 2 is 1.75 bits per heavy atom. The van der Waals surface area contributed by atoms with Crippen LogP contribution >= 0.6 is 0 Å². The van der Waals surface area contributed by atoms with Gasteiger partial charge < -0.3 is 19.9 Å². The van der Waals surface area contributed by atoms with E-state index in [0.29, 0.717) is 11.3 Å². The van der Waals surface area contributed by atoms with E-state index < -0.39 is 11.9 Å². The van der Waals surface area contributed by atoms with Crippen molar-refractivity contribution in [2.45, 2.75) is 19.4 Å². The third-order valence-corrected chi connectivity index (χ3v) is 4.99. The van der Waals surface area contributed by atoms with Crippen LogP contribution in [0.2, 0.25) is 0 Å². The molecule has 1 unspecified atom stereocenters. The maximum absolute atomic E-state index is 15.0. The van der Waals surface area contributed by atoms with Gasteiger partial charge in [0, 0.05) is 52.6 Å². The minimum atomic E-state index is -0.584. The summed E-state index contributed by atoms with van der Waals surface area (Å²) in [5, 5.41) is 11.2. The molecule has 1 atom stereocenters. The second-order valence-electron chi connectivity index (χ2n) is 6.80. The van der Waals surface area contributed by atoms with Crippen LogP contribution in [0.4, 0.5) is 10.1 Å². The van der Waals surface area contributed by atoms with Crippen LogP contribution in [-0.2, 0) is 21.1 Å². The molecule has 3 aromatic rings. The Labute approximate surface area is 201 Å². The smallest absolute Gasteiger partial charge is 0.170 e. The van der Waals surface area contributed by atoms with Crippen molar-refractivity contribution in [2.24, 2.45) is 0 Å². The molecule has 32 heavy (non-hydrogen) atoms. The molecule has 168 valence electrons. The van der Waals surface area contributed by atoms with E-state index in [-0.39, 0.29) is 51.2 Å². The van der Waals surface area contributed by atoms with Crippen molar-refractivity contribution in [1.82, 2.24) is 4.98 Å². The predicted molar refractivity (Wildman–Crippen MR) is 116 cm³/mol. The van der Waals surface area contributed by atoms with Crippen molar-refractivity contribution in [1.29, 1.82) is 0 Å². The summed E-state index contributed by atoms with van der Waals surface area (Å²) in [6, 6.07) is 12.4. The van der Waals surface area contributed by atoms with Crippen LogP contribution < -0.4 is 9.47 Å². The molecule has 0 saturated heterocycles. The molecule has 0 radical (unpaired) electrons.